The molecule has 2 aromatic heterocycles. The van der Waals surface area contributed by atoms with Gasteiger partial charge in [-0.3, -0.25) is 9.36 Å². The lowest BCUT2D eigenvalue weighted by atomic mass is 9.98. The maximum atomic E-state index is 13.3. The molecule has 6 rings (SSSR count). The van der Waals surface area contributed by atoms with Gasteiger partial charge in [0.2, 0.25) is 0 Å². The second kappa shape index (κ2) is 12.7. The molecule has 0 unspecified atom stereocenters. The molecule has 6 nitrogen and oxygen atoms in total. The standard InChI is InChI=1S/C33H26ClN5OS2/c1-22-16-18-25(19-17-22)39-31(26-14-8-9-15-27(26)34)37-38-33(39)42-21-29-35-28(20-41-29)32(40)36-30(23-10-4-2-5-11-23)24-12-6-3-7-13-24/h2-20,30H,21H2,1H3,(H,36,40). The highest BCUT2D eigenvalue weighted by atomic mass is 35.5. The number of carbonyl (C=O) groups excluding carboxylic acids is 1. The number of nitrogens with one attached hydrogen (secondary N) is 1. The van der Waals surface area contributed by atoms with E-state index < -0.39 is 0 Å². The van der Waals surface area contributed by atoms with Crippen LogP contribution in [-0.2, 0) is 5.75 Å². The number of thiazole rings is 1. The number of aromatic nitrogens is 4. The fourth-order valence-electron chi connectivity index (χ4n) is 4.57. The Kier molecular flexibility index (Phi) is 8.46. The number of aryl methyl sites for hydroxylation is 1. The highest BCUT2D eigenvalue weighted by molar-refractivity contribution is 7.98. The van der Waals surface area contributed by atoms with Gasteiger partial charge in [-0.25, -0.2) is 4.98 Å². The quantitative estimate of drug-likeness (QED) is 0.168. The Morgan fingerprint density at radius 3 is 2.19 bits per heavy atom. The Morgan fingerprint density at radius 1 is 0.881 bits per heavy atom. The van der Waals surface area contributed by atoms with Gasteiger partial charge in [0.25, 0.3) is 5.91 Å². The van der Waals surface area contributed by atoms with Crippen molar-refractivity contribution in [3.05, 3.63) is 147 Å². The van der Waals surface area contributed by atoms with Gasteiger partial charge in [0.15, 0.2) is 11.0 Å². The molecule has 42 heavy (non-hydrogen) atoms. The summed E-state index contributed by atoms with van der Waals surface area (Å²) in [5.41, 5.74) is 5.31. The molecule has 0 saturated carbocycles. The fraction of sp³-hybridized carbons (Fsp3) is 0.0909. The Morgan fingerprint density at radius 2 is 1.52 bits per heavy atom. The molecule has 0 spiro atoms. The normalized spacial score (nSPS) is 11.1. The topological polar surface area (TPSA) is 72.7 Å². The Labute approximate surface area is 257 Å². The average molecular weight is 608 g/mol. The van der Waals surface area contributed by atoms with Crippen LogP contribution in [0.25, 0.3) is 17.1 Å². The summed E-state index contributed by atoms with van der Waals surface area (Å²) in [6, 6.07) is 35.4. The first kappa shape index (κ1) is 27.9. The van der Waals surface area contributed by atoms with E-state index in [2.05, 4.69) is 39.6 Å². The van der Waals surface area contributed by atoms with Crippen molar-refractivity contribution in [1.29, 1.82) is 0 Å². The van der Waals surface area contributed by atoms with Crippen molar-refractivity contribution in [3.8, 4) is 17.1 Å². The second-order valence-electron chi connectivity index (χ2n) is 9.60. The molecule has 9 heteroatoms. The van der Waals surface area contributed by atoms with Crippen LogP contribution < -0.4 is 5.32 Å². The van der Waals surface area contributed by atoms with Crippen LogP contribution in [0.5, 0.6) is 0 Å². The third-order valence-corrected chi connectivity index (χ3v) is 8.99. The van der Waals surface area contributed by atoms with Crippen LogP contribution in [0.1, 0.15) is 38.2 Å². The number of hydrogen-bond acceptors (Lipinski definition) is 6. The fourth-order valence-corrected chi connectivity index (χ4v) is 6.53. The molecule has 4 aromatic carbocycles. The zero-order valence-electron chi connectivity index (χ0n) is 22.6. The minimum absolute atomic E-state index is 0.218. The van der Waals surface area contributed by atoms with Crippen LogP contribution in [0.3, 0.4) is 0 Å². The molecule has 0 bridgehead atoms. The first-order chi connectivity index (χ1) is 20.6. The molecule has 0 aliphatic carbocycles. The van der Waals surface area contributed by atoms with Gasteiger partial charge in [-0.2, -0.15) is 0 Å². The third-order valence-electron chi connectivity index (χ3n) is 6.69. The number of rotatable bonds is 9. The number of nitrogens with zero attached hydrogens (tertiary/aromatic N) is 4. The lowest BCUT2D eigenvalue weighted by molar-refractivity contribution is 0.0938. The van der Waals surface area contributed by atoms with Crippen molar-refractivity contribution >= 4 is 40.6 Å². The molecular weight excluding hydrogens is 582 g/mol. The predicted molar refractivity (Wildman–Crippen MR) is 170 cm³/mol. The van der Waals surface area contributed by atoms with Crippen LogP contribution in [0, 0.1) is 6.92 Å². The monoisotopic (exact) mass is 607 g/mol. The van der Waals surface area contributed by atoms with E-state index in [1.807, 2.05) is 102 Å². The molecule has 0 aliphatic heterocycles. The molecule has 0 atom stereocenters. The van der Waals surface area contributed by atoms with Gasteiger partial charge in [-0.15, -0.1) is 21.5 Å². The smallest absolute Gasteiger partial charge is 0.271 e. The van der Waals surface area contributed by atoms with E-state index >= 15 is 0 Å². The van der Waals surface area contributed by atoms with E-state index in [1.54, 1.807) is 5.38 Å². The summed E-state index contributed by atoms with van der Waals surface area (Å²) < 4.78 is 2.01. The van der Waals surface area contributed by atoms with Gasteiger partial charge in [0, 0.05) is 16.6 Å². The van der Waals surface area contributed by atoms with Crippen molar-refractivity contribution < 1.29 is 4.79 Å². The van der Waals surface area contributed by atoms with Crippen molar-refractivity contribution in [1.82, 2.24) is 25.1 Å². The summed E-state index contributed by atoms with van der Waals surface area (Å²) in [4.78, 5) is 18.0. The first-order valence-electron chi connectivity index (χ1n) is 13.3. The Hall–Kier alpha value is -4.24. The number of amides is 1. The van der Waals surface area contributed by atoms with Crippen LogP contribution >= 0.6 is 34.7 Å². The molecule has 0 fully saturated rings. The Balaban J connectivity index is 1.22. The van der Waals surface area contributed by atoms with Crippen molar-refractivity contribution in [2.45, 2.75) is 23.9 Å². The van der Waals surface area contributed by atoms with Crippen molar-refractivity contribution in [3.63, 3.8) is 0 Å². The van der Waals surface area contributed by atoms with Gasteiger partial charge in [-0.1, -0.05) is 114 Å². The Bertz CT molecular complexity index is 1760. The number of hydrogen-bond donors (Lipinski definition) is 1. The van der Waals surface area contributed by atoms with Crippen LogP contribution in [0.2, 0.25) is 5.02 Å². The van der Waals surface area contributed by atoms with Gasteiger partial charge in [0.1, 0.15) is 10.7 Å². The van der Waals surface area contributed by atoms with Gasteiger partial charge in [-0.05, 0) is 42.3 Å². The van der Waals surface area contributed by atoms with Crippen LogP contribution in [-0.4, -0.2) is 25.7 Å². The zero-order valence-corrected chi connectivity index (χ0v) is 25.0. The summed E-state index contributed by atoms with van der Waals surface area (Å²) >= 11 is 9.51. The number of carbonyl (C=O) groups is 1. The lowest BCUT2D eigenvalue weighted by Crippen LogP contribution is -2.29. The maximum absolute atomic E-state index is 13.3. The van der Waals surface area contributed by atoms with Gasteiger partial charge in [0.05, 0.1) is 16.8 Å². The maximum Gasteiger partial charge on any atom is 0.271 e. The minimum Gasteiger partial charge on any atom is -0.340 e. The summed E-state index contributed by atoms with van der Waals surface area (Å²) in [5.74, 6) is 0.980. The number of benzene rings is 4. The lowest BCUT2D eigenvalue weighted by Gasteiger charge is -2.19. The van der Waals surface area contributed by atoms with E-state index in [4.69, 9.17) is 11.6 Å². The summed E-state index contributed by atoms with van der Waals surface area (Å²) in [7, 11) is 0. The summed E-state index contributed by atoms with van der Waals surface area (Å²) in [6.45, 7) is 2.05. The average Bonchev–Trinajstić information content (AvgIpc) is 3.68. The summed E-state index contributed by atoms with van der Waals surface area (Å²) in [6.07, 6.45) is 0. The number of thioether (sulfide) groups is 1. The van der Waals surface area contributed by atoms with E-state index in [1.165, 1.54) is 23.1 Å². The number of halogens is 1. The zero-order chi connectivity index (χ0) is 28.9. The predicted octanol–water partition coefficient (Wildman–Crippen LogP) is 8.16. The largest absolute Gasteiger partial charge is 0.340 e. The molecule has 6 aromatic rings. The van der Waals surface area contributed by atoms with E-state index in [-0.39, 0.29) is 11.9 Å². The van der Waals surface area contributed by atoms with Gasteiger partial charge < -0.3 is 5.32 Å². The highest BCUT2D eigenvalue weighted by Crippen LogP contribution is 2.33. The van der Waals surface area contributed by atoms with Gasteiger partial charge >= 0.3 is 0 Å². The molecule has 0 saturated heterocycles. The minimum atomic E-state index is -0.282. The molecule has 2 heterocycles. The highest BCUT2D eigenvalue weighted by Gasteiger charge is 2.21. The molecule has 0 radical (unpaired) electrons. The molecule has 1 N–H and O–H groups in total. The van der Waals surface area contributed by atoms with Crippen LogP contribution in [0.4, 0.5) is 0 Å². The molecule has 1 amide bonds. The van der Waals surface area contributed by atoms with E-state index in [0.29, 0.717) is 27.5 Å². The molecular formula is C33H26ClN5OS2. The van der Waals surface area contributed by atoms with E-state index in [9.17, 15) is 4.79 Å². The van der Waals surface area contributed by atoms with Crippen molar-refractivity contribution in [2.24, 2.45) is 0 Å². The van der Waals surface area contributed by atoms with Crippen molar-refractivity contribution in [2.75, 3.05) is 0 Å². The second-order valence-corrected chi connectivity index (χ2v) is 11.9. The molecule has 208 valence electrons. The first-order valence-corrected chi connectivity index (χ1v) is 15.6. The molecule has 0 aliphatic rings. The SMILES string of the molecule is Cc1ccc(-n2c(SCc3nc(C(=O)NC(c4ccccc4)c4ccccc4)cs3)nnc2-c2ccccc2Cl)cc1. The summed E-state index contributed by atoms with van der Waals surface area (Å²) in [5, 5.41) is 16.1. The van der Waals surface area contributed by atoms with E-state index in [0.717, 1.165) is 32.9 Å². The van der Waals surface area contributed by atoms with Crippen LogP contribution in [0.15, 0.2) is 120 Å². The third kappa shape index (κ3) is 6.16.